The molecule has 0 heterocycles. The van der Waals surface area contributed by atoms with Gasteiger partial charge in [0.15, 0.2) is 0 Å². The molecule has 0 amide bonds. The lowest BCUT2D eigenvalue weighted by Crippen LogP contribution is -2.16. The Bertz CT molecular complexity index is 460. The number of benzene rings is 1. The third-order valence-corrected chi connectivity index (χ3v) is 2.95. The lowest BCUT2D eigenvalue weighted by atomic mass is 10.2. The molecule has 0 saturated heterocycles. The van der Waals surface area contributed by atoms with E-state index in [1.165, 1.54) is 12.1 Å². The van der Waals surface area contributed by atoms with Crippen LogP contribution >= 0.6 is 11.8 Å². The molecule has 0 aliphatic carbocycles. The number of non-ortho nitro benzene ring substituents is 1. The van der Waals surface area contributed by atoms with Crippen LogP contribution in [0.3, 0.4) is 0 Å². The Morgan fingerprint density at radius 2 is 2.28 bits per heavy atom. The zero-order valence-electron chi connectivity index (χ0n) is 9.69. The van der Waals surface area contributed by atoms with Crippen molar-refractivity contribution in [2.45, 2.75) is 6.54 Å². The molecular weight excluding hydrogens is 255 g/mol. The van der Waals surface area contributed by atoms with E-state index >= 15 is 0 Å². The summed E-state index contributed by atoms with van der Waals surface area (Å²) >= 11 is 1.62. The summed E-state index contributed by atoms with van der Waals surface area (Å²) < 4.78 is 13.1. The van der Waals surface area contributed by atoms with Gasteiger partial charge < -0.3 is 5.32 Å². The maximum Gasteiger partial charge on any atom is 0.272 e. The first-order chi connectivity index (χ1) is 8.63. The molecule has 18 heavy (non-hydrogen) atoms. The third kappa shape index (κ3) is 5.17. The number of thioether (sulfide) groups is 1. The number of nitro benzene ring substituents is 1. The van der Waals surface area contributed by atoms with Crippen LogP contribution in [0.5, 0.6) is 0 Å². The first-order valence-corrected chi connectivity index (χ1v) is 6.44. The molecule has 0 radical (unpaired) electrons. The highest BCUT2D eigenvalue weighted by Crippen LogP contribution is 2.16. The lowest BCUT2D eigenvalue weighted by Gasteiger charge is -2.04. The standard InChI is InChI=1S/C12H13FN2O2S/c1-2-4-18-5-3-14-9-10-6-11(13)8-12(7-10)15(16)17/h1,6-8,14H,3-5,9H2. The normalized spacial score (nSPS) is 10.0. The van der Waals surface area contributed by atoms with Crippen LogP contribution in [-0.4, -0.2) is 23.0 Å². The highest BCUT2D eigenvalue weighted by molar-refractivity contribution is 7.99. The SMILES string of the molecule is C#CCSCCNCc1cc(F)cc([N+](=O)[O-])c1. The first-order valence-electron chi connectivity index (χ1n) is 5.29. The van der Waals surface area contributed by atoms with Crippen LogP contribution in [0, 0.1) is 28.3 Å². The highest BCUT2D eigenvalue weighted by atomic mass is 32.2. The van der Waals surface area contributed by atoms with Crippen LogP contribution in [0.4, 0.5) is 10.1 Å². The molecule has 0 fully saturated rings. The summed E-state index contributed by atoms with van der Waals surface area (Å²) in [6.07, 6.45) is 5.10. The van der Waals surface area contributed by atoms with Crippen LogP contribution in [0.15, 0.2) is 18.2 Å². The smallest absolute Gasteiger partial charge is 0.272 e. The molecule has 0 aliphatic rings. The van der Waals surface area contributed by atoms with E-state index in [9.17, 15) is 14.5 Å². The second-order valence-electron chi connectivity index (χ2n) is 3.51. The summed E-state index contributed by atoms with van der Waals surface area (Å²) in [7, 11) is 0. The van der Waals surface area contributed by atoms with Crippen LogP contribution in [0.1, 0.15) is 5.56 Å². The second kappa shape index (κ2) is 7.69. The lowest BCUT2D eigenvalue weighted by molar-refractivity contribution is -0.385. The maximum absolute atomic E-state index is 13.1. The van der Waals surface area contributed by atoms with E-state index in [0.717, 1.165) is 18.4 Å². The molecule has 96 valence electrons. The maximum atomic E-state index is 13.1. The molecular formula is C12H13FN2O2S. The number of rotatable bonds is 7. The fraction of sp³-hybridized carbons (Fsp3) is 0.333. The Balaban J connectivity index is 2.43. The average molecular weight is 268 g/mol. The van der Waals surface area contributed by atoms with Crippen molar-refractivity contribution in [2.24, 2.45) is 0 Å². The fourth-order valence-electron chi connectivity index (χ4n) is 1.35. The van der Waals surface area contributed by atoms with Gasteiger partial charge in [0.05, 0.1) is 16.7 Å². The minimum atomic E-state index is -0.602. The Morgan fingerprint density at radius 1 is 1.50 bits per heavy atom. The largest absolute Gasteiger partial charge is 0.312 e. The van der Waals surface area contributed by atoms with Gasteiger partial charge >= 0.3 is 0 Å². The quantitative estimate of drug-likeness (QED) is 0.356. The fourth-order valence-corrected chi connectivity index (χ4v) is 1.90. The molecule has 1 rings (SSSR count). The molecule has 0 aliphatic heterocycles. The van der Waals surface area contributed by atoms with E-state index in [1.54, 1.807) is 11.8 Å². The van der Waals surface area contributed by atoms with Crippen molar-refractivity contribution in [3.05, 3.63) is 39.7 Å². The second-order valence-corrected chi connectivity index (χ2v) is 4.61. The van der Waals surface area contributed by atoms with Gasteiger partial charge in [-0.1, -0.05) is 5.92 Å². The van der Waals surface area contributed by atoms with Crippen LogP contribution in [0.25, 0.3) is 0 Å². The number of nitro groups is 1. The summed E-state index contributed by atoms with van der Waals surface area (Å²) in [4.78, 5) is 9.95. The molecule has 4 nitrogen and oxygen atoms in total. The Hall–Kier alpha value is -1.58. The van der Waals surface area contributed by atoms with E-state index < -0.39 is 10.7 Å². The van der Waals surface area contributed by atoms with Crippen molar-refractivity contribution in [3.8, 4) is 12.3 Å². The van der Waals surface area contributed by atoms with E-state index in [1.807, 2.05) is 0 Å². The van der Waals surface area contributed by atoms with Crippen molar-refractivity contribution in [1.82, 2.24) is 5.32 Å². The van der Waals surface area contributed by atoms with Crippen molar-refractivity contribution in [3.63, 3.8) is 0 Å². The predicted molar refractivity (Wildman–Crippen MR) is 70.9 cm³/mol. The van der Waals surface area contributed by atoms with Crippen LogP contribution < -0.4 is 5.32 Å². The number of nitrogens with zero attached hydrogens (tertiary/aromatic N) is 1. The minimum Gasteiger partial charge on any atom is -0.312 e. The van der Waals surface area contributed by atoms with Gasteiger partial charge in [-0.3, -0.25) is 10.1 Å². The van der Waals surface area contributed by atoms with Gasteiger partial charge in [0.2, 0.25) is 0 Å². The summed E-state index contributed by atoms with van der Waals surface area (Å²) in [5.74, 6) is 3.43. The van der Waals surface area contributed by atoms with Crippen LogP contribution in [0.2, 0.25) is 0 Å². The number of halogens is 1. The molecule has 0 atom stereocenters. The third-order valence-electron chi connectivity index (χ3n) is 2.09. The van der Waals surface area contributed by atoms with E-state index in [4.69, 9.17) is 6.42 Å². The van der Waals surface area contributed by atoms with Gasteiger partial charge in [-0.15, -0.1) is 18.2 Å². The molecule has 1 aromatic rings. The monoisotopic (exact) mass is 268 g/mol. The van der Waals surface area contributed by atoms with Crippen molar-refractivity contribution < 1.29 is 9.31 Å². The van der Waals surface area contributed by atoms with Crippen molar-refractivity contribution in [2.75, 3.05) is 18.1 Å². The molecule has 1 N–H and O–H groups in total. The van der Waals surface area contributed by atoms with Gasteiger partial charge in [-0.25, -0.2) is 4.39 Å². The summed E-state index contributed by atoms with van der Waals surface area (Å²) in [6.45, 7) is 1.12. The van der Waals surface area contributed by atoms with Gasteiger partial charge in [0.25, 0.3) is 5.69 Å². The zero-order valence-corrected chi connectivity index (χ0v) is 10.5. The average Bonchev–Trinajstić information content (AvgIpc) is 2.33. The Morgan fingerprint density at radius 3 is 2.94 bits per heavy atom. The molecule has 0 saturated carbocycles. The number of nitrogens with one attached hydrogen (secondary N) is 1. The Labute approximate surface area is 109 Å². The van der Waals surface area contributed by atoms with Gasteiger partial charge in [-0.2, -0.15) is 0 Å². The predicted octanol–water partition coefficient (Wildman–Crippen LogP) is 2.19. The Kier molecular flexibility index (Phi) is 6.19. The first kappa shape index (κ1) is 14.5. The zero-order chi connectivity index (χ0) is 13.4. The van der Waals surface area contributed by atoms with Crippen molar-refractivity contribution >= 4 is 17.4 Å². The number of hydrogen-bond acceptors (Lipinski definition) is 4. The molecule has 1 aromatic carbocycles. The minimum absolute atomic E-state index is 0.228. The van der Waals surface area contributed by atoms with E-state index in [0.29, 0.717) is 17.9 Å². The van der Waals surface area contributed by atoms with Crippen LogP contribution in [-0.2, 0) is 6.54 Å². The number of terminal acetylenes is 1. The van der Waals surface area contributed by atoms with Gasteiger partial charge in [0, 0.05) is 24.9 Å². The summed E-state index contributed by atoms with van der Waals surface area (Å²) in [5.41, 5.74) is 0.331. The van der Waals surface area contributed by atoms with Gasteiger partial charge in [-0.05, 0) is 11.6 Å². The molecule has 0 unspecified atom stereocenters. The molecule has 6 heteroatoms. The highest BCUT2D eigenvalue weighted by Gasteiger charge is 2.09. The van der Waals surface area contributed by atoms with Crippen molar-refractivity contribution in [1.29, 1.82) is 0 Å². The van der Waals surface area contributed by atoms with Gasteiger partial charge in [0.1, 0.15) is 5.82 Å². The summed E-state index contributed by atoms with van der Waals surface area (Å²) in [5, 5.41) is 13.6. The topological polar surface area (TPSA) is 55.2 Å². The summed E-state index contributed by atoms with van der Waals surface area (Å²) in [6, 6.07) is 3.56. The van der Waals surface area contributed by atoms with E-state index in [-0.39, 0.29) is 5.69 Å². The molecule has 0 bridgehead atoms. The van der Waals surface area contributed by atoms with E-state index in [2.05, 4.69) is 11.2 Å². The molecule has 0 aromatic heterocycles. The number of hydrogen-bond donors (Lipinski definition) is 1. The molecule has 0 spiro atoms.